The Morgan fingerprint density at radius 2 is 1.86 bits per heavy atom. The molecular weight excluding hydrogens is 358 g/mol. The van der Waals surface area contributed by atoms with E-state index < -0.39 is 4.92 Å². The van der Waals surface area contributed by atoms with Gasteiger partial charge in [-0.1, -0.05) is 42.5 Å². The molecule has 28 heavy (non-hydrogen) atoms. The highest BCUT2D eigenvalue weighted by Crippen LogP contribution is 2.47. The summed E-state index contributed by atoms with van der Waals surface area (Å²) in [6.07, 6.45) is 2.20. The fourth-order valence-electron chi connectivity index (χ4n) is 3.20. The number of hydrazone groups is 1. The summed E-state index contributed by atoms with van der Waals surface area (Å²) >= 11 is 0. The molecule has 0 spiro atoms. The van der Waals surface area contributed by atoms with Crippen LogP contribution >= 0.6 is 0 Å². The number of carbonyl (C=O) groups is 1. The van der Waals surface area contributed by atoms with Crippen LogP contribution in [0.15, 0.2) is 76.2 Å². The van der Waals surface area contributed by atoms with Gasteiger partial charge in [-0.2, -0.15) is 5.10 Å². The molecule has 1 amide bonds. The second-order valence-corrected chi connectivity index (χ2v) is 6.57. The lowest BCUT2D eigenvalue weighted by Gasteiger charge is -2.00. The van der Waals surface area contributed by atoms with Crippen LogP contribution in [0.1, 0.15) is 23.7 Å². The highest BCUT2D eigenvalue weighted by Gasteiger charge is 2.43. The molecule has 1 fully saturated rings. The average Bonchev–Trinajstić information content (AvgIpc) is 3.39. The lowest BCUT2D eigenvalue weighted by atomic mass is 10.1. The van der Waals surface area contributed by atoms with Crippen LogP contribution in [0.3, 0.4) is 0 Å². The Hall–Kier alpha value is -3.74. The van der Waals surface area contributed by atoms with Crippen LogP contribution in [0.4, 0.5) is 5.69 Å². The summed E-state index contributed by atoms with van der Waals surface area (Å²) in [5, 5.41) is 15.1. The number of para-hydroxylation sites is 1. The summed E-state index contributed by atoms with van der Waals surface area (Å²) in [6, 6.07) is 19.6. The van der Waals surface area contributed by atoms with Crippen LogP contribution in [-0.4, -0.2) is 17.0 Å². The van der Waals surface area contributed by atoms with Gasteiger partial charge in [-0.3, -0.25) is 14.9 Å². The van der Waals surface area contributed by atoms with Crippen molar-refractivity contribution in [2.24, 2.45) is 11.0 Å². The molecule has 7 nitrogen and oxygen atoms in total. The molecule has 1 heterocycles. The Kier molecular flexibility index (Phi) is 4.72. The Balaban J connectivity index is 1.38. The molecule has 3 aromatic rings. The Bertz CT molecular complexity index is 1040. The molecular formula is C21H17N3O4. The van der Waals surface area contributed by atoms with Gasteiger partial charge in [0.25, 0.3) is 5.69 Å². The molecule has 7 heteroatoms. The first-order valence-corrected chi connectivity index (χ1v) is 8.85. The minimum absolute atomic E-state index is 0.0330. The zero-order valence-electron chi connectivity index (χ0n) is 14.8. The van der Waals surface area contributed by atoms with E-state index in [-0.39, 0.29) is 23.4 Å². The number of carbonyl (C=O) groups excluding carboxylic acids is 1. The molecule has 2 aromatic carbocycles. The van der Waals surface area contributed by atoms with Gasteiger partial charge in [-0.15, -0.1) is 0 Å². The molecule has 1 N–H and O–H groups in total. The number of nitro groups is 1. The first-order valence-electron chi connectivity index (χ1n) is 8.85. The van der Waals surface area contributed by atoms with Crippen molar-refractivity contribution in [2.45, 2.75) is 12.3 Å². The van der Waals surface area contributed by atoms with E-state index in [1.165, 1.54) is 12.3 Å². The number of rotatable bonds is 6. The van der Waals surface area contributed by atoms with Gasteiger partial charge < -0.3 is 4.42 Å². The van der Waals surface area contributed by atoms with Crippen molar-refractivity contribution in [3.8, 4) is 11.3 Å². The van der Waals surface area contributed by atoms with Gasteiger partial charge in [0.2, 0.25) is 5.91 Å². The minimum Gasteiger partial charge on any atom is -0.455 e. The third kappa shape index (κ3) is 3.68. The van der Waals surface area contributed by atoms with E-state index in [2.05, 4.69) is 10.5 Å². The van der Waals surface area contributed by atoms with Gasteiger partial charge in [0.15, 0.2) is 0 Å². The molecule has 4 rings (SSSR count). The van der Waals surface area contributed by atoms with Crippen molar-refractivity contribution in [1.29, 1.82) is 0 Å². The molecule has 1 aromatic heterocycles. The first kappa shape index (κ1) is 17.7. The van der Waals surface area contributed by atoms with E-state index in [9.17, 15) is 14.9 Å². The van der Waals surface area contributed by atoms with Gasteiger partial charge in [0.1, 0.15) is 11.5 Å². The zero-order chi connectivity index (χ0) is 19.5. The molecule has 0 radical (unpaired) electrons. The smallest absolute Gasteiger partial charge is 0.280 e. The van der Waals surface area contributed by atoms with E-state index in [4.69, 9.17) is 4.42 Å². The van der Waals surface area contributed by atoms with Crippen molar-refractivity contribution >= 4 is 17.8 Å². The summed E-state index contributed by atoms with van der Waals surface area (Å²) in [5.74, 6) is 0.801. The summed E-state index contributed by atoms with van der Waals surface area (Å²) in [4.78, 5) is 22.9. The second-order valence-electron chi connectivity index (χ2n) is 6.57. The fraction of sp³-hybridized carbons (Fsp3) is 0.143. The predicted molar refractivity (Wildman–Crippen MR) is 104 cm³/mol. The maximum Gasteiger partial charge on any atom is 0.280 e. The maximum absolute atomic E-state index is 12.2. The van der Waals surface area contributed by atoms with Gasteiger partial charge in [0, 0.05) is 12.0 Å². The van der Waals surface area contributed by atoms with Crippen LogP contribution in [0, 0.1) is 16.0 Å². The van der Waals surface area contributed by atoms with Crippen molar-refractivity contribution in [3.63, 3.8) is 0 Å². The summed E-state index contributed by atoms with van der Waals surface area (Å²) in [5.41, 5.74) is 4.05. The SMILES string of the molecule is O=C(NN=Cc1ccc(-c2ccccc2[N+](=O)[O-])o1)[C@H]1C[C@@H]1c1ccccc1. The third-order valence-corrected chi connectivity index (χ3v) is 4.71. The number of nitrogens with zero attached hydrogens (tertiary/aromatic N) is 2. The van der Waals surface area contributed by atoms with Crippen molar-refractivity contribution in [3.05, 3.63) is 88.2 Å². The number of nitro benzene ring substituents is 1. The minimum atomic E-state index is -0.454. The molecule has 2 atom stereocenters. The van der Waals surface area contributed by atoms with Crippen molar-refractivity contribution in [1.82, 2.24) is 5.43 Å². The molecule has 1 aliphatic carbocycles. The summed E-state index contributed by atoms with van der Waals surface area (Å²) in [7, 11) is 0. The normalized spacial score (nSPS) is 18.1. The fourth-order valence-corrected chi connectivity index (χ4v) is 3.20. The molecule has 1 saturated carbocycles. The van der Waals surface area contributed by atoms with Gasteiger partial charge in [0.05, 0.1) is 16.7 Å². The number of furan rings is 1. The van der Waals surface area contributed by atoms with E-state index >= 15 is 0 Å². The number of benzene rings is 2. The Labute approximate surface area is 160 Å². The molecule has 0 unspecified atom stereocenters. The van der Waals surface area contributed by atoms with Crippen LogP contribution in [-0.2, 0) is 4.79 Å². The quantitative estimate of drug-likeness (QED) is 0.398. The lowest BCUT2D eigenvalue weighted by Crippen LogP contribution is -2.20. The highest BCUT2D eigenvalue weighted by atomic mass is 16.6. The summed E-state index contributed by atoms with van der Waals surface area (Å²) in [6.45, 7) is 0. The molecule has 0 bridgehead atoms. The number of hydrogen-bond acceptors (Lipinski definition) is 5. The third-order valence-electron chi connectivity index (χ3n) is 4.71. The molecule has 0 aliphatic heterocycles. The number of nitrogens with one attached hydrogen (secondary N) is 1. The topological polar surface area (TPSA) is 97.7 Å². The van der Waals surface area contributed by atoms with Gasteiger partial charge in [-0.05, 0) is 36.1 Å². The monoisotopic (exact) mass is 375 g/mol. The highest BCUT2D eigenvalue weighted by molar-refractivity contribution is 5.85. The lowest BCUT2D eigenvalue weighted by molar-refractivity contribution is -0.384. The van der Waals surface area contributed by atoms with Crippen molar-refractivity contribution < 1.29 is 14.1 Å². The maximum atomic E-state index is 12.2. The van der Waals surface area contributed by atoms with Crippen LogP contribution in [0.5, 0.6) is 0 Å². The molecule has 140 valence electrons. The van der Waals surface area contributed by atoms with E-state index in [1.807, 2.05) is 30.3 Å². The Morgan fingerprint density at radius 1 is 1.11 bits per heavy atom. The molecule has 0 saturated heterocycles. The van der Waals surface area contributed by atoms with Crippen LogP contribution < -0.4 is 5.43 Å². The van der Waals surface area contributed by atoms with Crippen LogP contribution in [0.25, 0.3) is 11.3 Å². The standard InChI is InChI=1S/C21H17N3O4/c25-21(18-12-17(18)14-6-2-1-3-7-14)23-22-13-15-10-11-20(28-15)16-8-4-5-9-19(16)24(26)27/h1-11,13,17-18H,12H2,(H,23,25)/t17-,18+/m1/s1. The van der Waals surface area contributed by atoms with Gasteiger partial charge in [-0.25, -0.2) is 5.43 Å². The number of amides is 1. The number of hydrogen-bond donors (Lipinski definition) is 1. The average molecular weight is 375 g/mol. The molecule has 1 aliphatic rings. The predicted octanol–water partition coefficient (Wildman–Crippen LogP) is 4.11. The largest absolute Gasteiger partial charge is 0.455 e. The zero-order valence-corrected chi connectivity index (χ0v) is 14.8. The first-order chi connectivity index (χ1) is 13.6. The van der Waals surface area contributed by atoms with E-state index in [0.717, 1.165) is 12.0 Å². The van der Waals surface area contributed by atoms with Crippen molar-refractivity contribution in [2.75, 3.05) is 0 Å². The van der Waals surface area contributed by atoms with Crippen LogP contribution in [0.2, 0.25) is 0 Å². The van der Waals surface area contributed by atoms with E-state index in [0.29, 0.717) is 17.1 Å². The van der Waals surface area contributed by atoms with E-state index in [1.54, 1.807) is 30.3 Å². The summed E-state index contributed by atoms with van der Waals surface area (Å²) < 4.78 is 5.60. The second kappa shape index (κ2) is 7.48. The van der Waals surface area contributed by atoms with Gasteiger partial charge >= 0.3 is 0 Å². The Morgan fingerprint density at radius 3 is 2.64 bits per heavy atom.